The van der Waals surface area contributed by atoms with E-state index in [0.29, 0.717) is 6.04 Å². The number of nitrogens with two attached hydrogens (primary N) is 1. The van der Waals surface area contributed by atoms with Crippen LogP contribution in [0.3, 0.4) is 0 Å². The summed E-state index contributed by atoms with van der Waals surface area (Å²) in [5.74, 6) is 0.938. The van der Waals surface area contributed by atoms with Gasteiger partial charge in [-0.05, 0) is 45.1 Å². The molecule has 0 amide bonds. The second-order valence-electron chi connectivity index (χ2n) is 6.21. The third-order valence-electron chi connectivity index (χ3n) is 5.47. The maximum Gasteiger partial charge on any atom is 0.0331 e. The molecular weight excluding hydrogens is 220 g/mol. The molecule has 0 aromatic heterocycles. The molecule has 0 aromatic rings. The number of likely N-dealkylation sites (N-methyl/N-ethyl adjacent to an activating group) is 1. The maximum absolute atomic E-state index is 6.20. The van der Waals surface area contributed by atoms with Crippen molar-refractivity contribution in [3.8, 4) is 0 Å². The minimum absolute atomic E-state index is 0.278. The first-order chi connectivity index (χ1) is 8.63. The molecule has 1 aliphatic rings. The Labute approximate surface area is 114 Å². The van der Waals surface area contributed by atoms with Gasteiger partial charge in [0.15, 0.2) is 0 Å². The van der Waals surface area contributed by atoms with Gasteiger partial charge in [-0.2, -0.15) is 0 Å². The number of hydrogen-bond acceptors (Lipinski definition) is 2. The van der Waals surface area contributed by atoms with Gasteiger partial charge < -0.3 is 5.73 Å². The normalized spacial score (nSPS) is 29.8. The summed E-state index contributed by atoms with van der Waals surface area (Å²) in [4.78, 5) is 2.63. The molecule has 2 N–H and O–H groups in total. The van der Waals surface area contributed by atoms with Gasteiger partial charge in [0.25, 0.3) is 0 Å². The molecule has 1 aliphatic carbocycles. The predicted octanol–water partition coefficient (Wildman–Crippen LogP) is 3.79. The highest BCUT2D eigenvalue weighted by Crippen LogP contribution is 2.36. The van der Waals surface area contributed by atoms with Crippen LogP contribution < -0.4 is 5.73 Å². The molecule has 1 saturated carbocycles. The Morgan fingerprint density at radius 1 is 1.17 bits per heavy atom. The van der Waals surface area contributed by atoms with Crippen LogP contribution >= 0.6 is 0 Å². The van der Waals surface area contributed by atoms with Gasteiger partial charge in [0.1, 0.15) is 0 Å². The molecule has 0 spiro atoms. The SMILES string of the molecule is CCC1CCCC(CN)(N(C)C(CC)CC)CC1. The lowest BCUT2D eigenvalue weighted by Gasteiger charge is -2.45. The Bertz CT molecular complexity index is 225. The van der Waals surface area contributed by atoms with Crippen molar-refractivity contribution < 1.29 is 0 Å². The summed E-state index contributed by atoms with van der Waals surface area (Å²) in [5.41, 5.74) is 6.48. The van der Waals surface area contributed by atoms with Crippen LogP contribution in [0.5, 0.6) is 0 Å². The summed E-state index contributed by atoms with van der Waals surface area (Å²) in [7, 11) is 2.32. The lowest BCUT2D eigenvalue weighted by Crippen LogP contribution is -2.55. The minimum Gasteiger partial charge on any atom is -0.329 e. The molecule has 0 bridgehead atoms. The molecular formula is C16H34N2. The van der Waals surface area contributed by atoms with E-state index >= 15 is 0 Å². The largest absolute Gasteiger partial charge is 0.329 e. The minimum atomic E-state index is 0.278. The van der Waals surface area contributed by atoms with Crippen molar-refractivity contribution >= 4 is 0 Å². The van der Waals surface area contributed by atoms with Gasteiger partial charge in [0.2, 0.25) is 0 Å². The Morgan fingerprint density at radius 3 is 2.33 bits per heavy atom. The van der Waals surface area contributed by atoms with Crippen LogP contribution in [0.25, 0.3) is 0 Å². The van der Waals surface area contributed by atoms with Crippen LogP contribution in [-0.4, -0.2) is 30.1 Å². The Hall–Kier alpha value is -0.0800. The third-order valence-corrected chi connectivity index (χ3v) is 5.47. The van der Waals surface area contributed by atoms with Crippen LogP contribution in [0.1, 0.15) is 72.1 Å². The zero-order valence-corrected chi connectivity index (χ0v) is 13.0. The highest BCUT2D eigenvalue weighted by Gasteiger charge is 2.37. The first-order valence-corrected chi connectivity index (χ1v) is 8.06. The third kappa shape index (κ3) is 3.48. The van der Waals surface area contributed by atoms with E-state index in [-0.39, 0.29) is 5.54 Å². The molecule has 0 heterocycles. The van der Waals surface area contributed by atoms with Crippen molar-refractivity contribution in [3.63, 3.8) is 0 Å². The molecule has 0 aliphatic heterocycles. The first kappa shape index (κ1) is 16.0. The molecule has 18 heavy (non-hydrogen) atoms. The lowest BCUT2D eigenvalue weighted by atomic mass is 9.86. The molecule has 108 valence electrons. The molecule has 0 saturated heterocycles. The quantitative estimate of drug-likeness (QED) is 0.731. The highest BCUT2D eigenvalue weighted by atomic mass is 15.2. The zero-order valence-electron chi connectivity index (χ0n) is 13.0. The van der Waals surface area contributed by atoms with Crippen molar-refractivity contribution in [1.29, 1.82) is 0 Å². The predicted molar refractivity (Wildman–Crippen MR) is 80.8 cm³/mol. The topological polar surface area (TPSA) is 29.3 Å². The van der Waals surface area contributed by atoms with Crippen molar-refractivity contribution in [2.75, 3.05) is 13.6 Å². The fourth-order valence-corrected chi connectivity index (χ4v) is 3.79. The van der Waals surface area contributed by atoms with Gasteiger partial charge >= 0.3 is 0 Å². The summed E-state index contributed by atoms with van der Waals surface area (Å²) in [6.07, 6.45) is 10.6. The van der Waals surface area contributed by atoms with Crippen molar-refractivity contribution in [1.82, 2.24) is 4.90 Å². The van der Waals surface area contributed by atoms with E-state index in [2.05, 4.69) is 32.7 Å². The number of rotatable bonds is 6. The van der Waals surface area contributed by atoms with Crippen molar-refractivity contribution in [2.45, 2.75) is 83.7 Å². The molecule has 0 aromatic carbocycles. The summed E-state index contributed by atoms with van der Waals surface area (Å²) >= 11 is 0. The van der Waals surface area contributed by atoms with E-state index in [1.165, 1.54) is 51.4 Å². The van der Waals surface area contributed by atoms with Gasteiger partial charge in [0.05, 0.1) is 0 Å². The summed E-state index contributed by atoms with van der Waals surface area (Å²) in [5, 5.41) is 0. The van der Waals surface area contributed by atoms with Gasteiger partial charge in [-0.15, -0.1) is 0 Å². The highest BCUT2D eigenvalue weighted by molar-refractivity contribution is 4.95. The second kappa shape index (κ2) is 7.49. The van der Waals surface area contributed by atoms with E-state index in [1.807, 2.05) is 0 Å². The van der Waals surface area contributed by atoms with Crippen molar-refractivity contribution in [3.05, 3.63) is 0 Å². The van der Waals surface area contributed by atoms with E-state index in [0.717, 1.165) is 12.5 Å². The van der Waals surface area contributed by atoms with Crippen LogP contribution in [0, 0.1) is 5.92 Å². The van der Waals surface area contributed by atoms with Gasteiger partial charge in [-0.3, -0.25) is 4.90 Å². The summed E-state index contributed by atoms with van der Waals surface area (Å²) in [6.45, 7) is 7.78. The van der Waals surface area contributed by atoms with Crippen LogP contribution in [0.2, 0.25) is 0 Å². The molecule has 2 nitrogen and oxygen atoms in total. The van der Waals surface area contributed by atoms with Crippen molar-refractivity contribution in [2.24, 2.45) is 11.7 Å². The van der Waals surface area contributed by atoms with Crippen LogP contribution in [-0.2, 0) is 0 Å². The van der Waals surface area contributed by atoms with Gasteiger partial charge in [0, 0.05) is 18.1 Å². The molecule has 2 heteroatoms. The van der Waals surface area contributed by atoms with Gasteiger partial charge in [-0.1, -0.05) is 40.0 Å². The Kier molecular flexibility index (Phi) is 6.65. The Morgan fingerprint density at radius 2 is 1.83 bits per heavy atom. The van der Waals surface area contributed by atoms with E-state index in [9.17, 15) is 0 Å². The number of hydrogen-bond donors (Lipinski definition) is 1. The zero-order chi connectivity index (χ0) is 13.6. The fraction of sp³-hybridized carbons (Fsp3) is 1.00. The standard InChI is InChI=1S/C16H34N2/c1-5-14-9-8-11-16(13-17,12-10-14)18(4)15(6-2)7-3/h14-15H,5-13,17H2,1-4H3. The smallest absolute Gasteiger partial charge is 0.0331 e. The maximum atomic E-state index is 6.20. The van der Waals surface area contributed by atoms with Crippen LogP contribution in [0.15, 0.2) is 0 Å². The average molecular weight is 254 g/mol. The fourth-order valence-electron chi connectivity index (χ4n) is 3.79. The van der Waals surface area contributed by atoms with E-state index < -0.39 is 0 Å². The molecule has 1 rings (SSSR count). The molecule has 2 unspecified atom stereocenters. The molecule has 2 atom stereocenters. The van der Waals surface area contributed by atoms with E-state index in [4.69, 9.17) is 5.73 Å². The summed E-state index contributed by atoms with van der Waals surface area (Å²) < 4.78 is 0. The monoisotopic (exact) mass is 254 g/mol. The Balaban J connectivity index is 2.77. The lowest BCUT2D eigenvalue weighted by molar-refractivity contribution is 0.0573. The molecule has 0 radical (unpaired) electrons. The first-order valence-electron chi connectivity index (χ1n) is 8.06. The van der Waals surface area contributed by atoms with Gasteiger partial charge in [-0.25, -0.2) is 0 Å². The average Bonchev–Trinajstić information content (AvgIpc) is 2.62. The van der Waals surface area contributed by atoms with E-state index in [1.54, 1.807) is 0 Å². The summed E-state index contributed by atoms with van der Waals surface area (Å²) in [6, 6.07) is 0.701. The second-order valence-corrected chi connectivity index (χ2v) is 6.21. The van der Waals surface area contributed by atoms with Crippen LogP contribution in [0.4, 0.5) is 0 Å². The number of nitrogens with zero attached hydrogens (tertiary/aromatic N) is 1. The molecule has 1 fully saturated rings.